The lowest BCUT2D eigenvalue weighted by Gasteiger charge is -2.08. The molecule has 0 bridgehead atoms. The highest BCUT2D eigenvalue weighted by atomic mass is 32.2. The molecule has 0 fully saturated rings. The fourth-order valence-electron chi connectivity index (χ4n) is 1.37. The molecule has 0 aliphatic rings. The molecule has 0 saturated carbocycles. The minimum absolute atomic E-state index is 0.127. The summed E-state index contributed by atoms with van der Waals surface area (Å²) in [7, 11) is -3.60. The highest BCUT2D eigenvalue weighted by Gasteiger charge is 2.16. The second-order valence-electron chi connectivity index (χ2n) is 3.65. The summed E-state index contributed by atoms with van der Waals surface area (Å²) in [6.07, 6.45) is 3.31. The average Bonchev–Trinajstić information content (AvgIpc) is 2.35. The highest BCUT2D eigenvalue weighted by Crippen LogP contribution is 2.16. The SMILES string of the molecule is Cc1ccc(C#N)cc1S(=O)(=O)NC/C=C/CN. The summed E-state index contributed by atoms with van der Waals surface area (Å²) in [5, 5.41) is 8.77. The van der Waals surface area contributed by atoms with E-state index in [1.54, 1.807) is 31.2 Å². The van der Waals surface area contributed by atoms with Crippen molar-refractivity contribution in [2.75, 3.05) is 13.1 Å². The summed E-state index contributed by atoms with van der Waals surface area (Å²) < 4.78 is 26.4. The third-order valence-electron chi connectivity index (χ3n) is 2.30. The standard InChI is InChI=1S/C12H15N3O2S/c1-10-4-5-11(9-14)8-12(10)18(16,17)15-7-3-2-6-13/h2-5,8,15H,6-7,13H2,1H3/b3-2+. The molecule has 5 nitrogen and oxygen atoms in total. The largest absolute Gasteiger partial charge is 0.327 e. The Balaban J connectivity index is 2.98. The van der Waals surface area contributed by atoms with Crippen molar-refractivity contribution in [2.45, 2.75) is 11.8 Å². The van der Waals surface area contributed by atoms with Crippen LogP contribution in [0.15, 0.2) is 35.2 Å². The molecule has 3 N–H and O–H groups in total. The first-order valence-electron chi connectivity index (χ1n) is 5.36. The molecule has 0 aromatic heterocycles. The molecule has 0 aliphatic carbocycles. The van der Waals surface area contributed by atoms with Gasteiger partial charge in [-0.05, 0) is 24.6 Å². The number of benzene rings is 1. The number of nitrogens with one attached hydrogen (secondary N) is 1. The summed E-state index contributed by atoms with van der Waals surface area (Å²) in [5.74, 6) is 0. The Labute approximate surface area is 107 Å². The van der Waals surface area contributed by atoms with E-state index in [4.69, 9.17) is 11.0 Å². The van der Waals surface area contributed by atoms with Crippen molar-refractivity contribution in [3.63, 3.8) is 0 Å². The quantitative estimate of drug-likeness (QED) is 0.764. The zero-order valence-electron chi connectivity index (χ0n) is 10.1. The van der Waals surface area contributed by atoms with Crippen LogP contribution in [-0.2, 0) is 10.0 Å². The Hall–Kier alpha value is -1.68. The summed E-state index contributed by atoms with van der Waals surface area (Å²) in [6.45, 7) is 2.23. The first-order chi connectivity index (χ1) is 8.51. The van der Waals surface area contributed by atoms with Gasteiger partial charge in [0.1, 0.15) is 0 Å². The van der Waals surface area contributed by atoms with E-state index in [-0.39, 0.29) is 11.4 Å². The summed E-state index contributed by atoms with van der Waals surface area (Å²) in [6, 6.07) is 6.49. The summed E-state index contributed by atoms with van der Waals surface area (Å²) in [4.78, 5) is 0.127. The zero-order chi connectivity index (χ0) is 13.6. The van der Waals surface area contributed by atoms with Crippen LogP contribution in [-0.4, -0.2) is 21.5 Å². The number of rotatable bonds is 5. The number of hydrogen-bond donors (Lipinski definition) is 2. The maximum Gasteiger partial charge on any atom is 0.241 e. The molecule has 0 atom stereocenters. The van der Waals surface area contributed by atoms with E-state index in [9.17, 15) is 8.42 Å². The van der Waals surface area contributed by atoms with Gasteiger partial charge >= 0.3 is 0 Å². The predicted molar refractivity (Wildman–Crippen MR) is 69.3 cm³/mol. The van der Waals surface area contributed by atoms with Crippen LogP contribution in [0.5, 0.6) is 0 Å². The summed E-state index contributed by atoms with van der Waals surface area (Å²) in [5.41, 5.74) is 6.17. The lowest BCUT2D eigenvalue weighted by atomic mass is 10.2. The van der Waals surface area contributed by atoms with Crippen molar-refractivity contribution in [2.24, 2.45) is 5.73 Å². The maximum atomic E-state index is 12.0. The first kappa shape index (κ1) is 14.4. The normalized spacial score (nSPS) is 11.6. The topological polar surface area (TPSA) is 96.0 Å². The molecule has 96 valence electrons. The molecule has 0 aliphatic heterocycles. The number of aryl methyl sites for hydroxylation is 1. The number of sulfonamides is 1. The molecule has 0 radical (unpaired) electrons. The van der Waals surface area contributed by atoms with Crippen LogP contribution in [0.4, 0.5) is 0 Å². The van der Waals surface area contributed by atoms with Crippen LogP contribution in [0.3, 0.4) is 0 Å². The number of hydrogen-bond acceptors (Lipinski definition) is 4. The van der Waals surface area contributed by atoms with Gasteiger partial charge in [-0.2, -0.15) is 5.26 Å². The molecule has 0 saturated heterocycles. The molecular weight excluding hydrogens is 250 g/mol. The van der Waals surface area contributed by atoms with Crippen LogP contribution >= 0.6 is 0 Å². The van der Waals surface area contributed by atoms with Crippen molar-refractivity contribution < 1.29 is 8.42 Å². The Bertz CT molecular complexity index is 586. The molecule has 1 aromatic carbocycles. The fourth-order valence-corrected chi connectivity index (χ4v) is 2.62. The molecule has 0 unspecified atom stereocenters. The molecule has 6 heteroatoms. The van der Waals surface area contributed by atoms with Gasteiger partial charge in [-0.15, -0.1) is 0 Å². The van der Waals surface area contributed by atoms with Crippen molar-refractivity contribution in [1.82, 2.24) is 4.72 Å². The second kappa shape index (κ2) is 6.31. The number of nitriles is 1. The van der Waals surface area contributed by atoms with Crippen LogP contribution in [0, 0.1) is 18.3 Å². The van der Waals surface area contributed by atoms with Gasteiger partial charge in [-0.1, -0.05) is 18.2 Å². The van der Waals surface area contributed by atoms with Gasteiger partial charge in [-0.3, -0.25) is 0 Å². The Kier molecular flexibility index (Phi) is 5.04. The lowest BCUT2D eigenvalue weighted by Crippen LogP contribution is -2.24. The molecule has 0 amide bonds. The molecule has 0 heterocycles. The first-order valence-corrected chi connectivity index (χ1v) is 6.85. The average molecular weight is 265 g/mol. The smallest absolute Gasteiger partial charge is 0.241 e. The van der Waals surface area contributed by atoms with Gasteiger partial charge in [0.25, 0.3) is 0 Å². The van der Waals surface area contributed by atoms with Crippen LogP contribution in [0.25, 0.3) is 0 Å². The molecule has 0 spiro atoms. The molecular formula is C12H15N3O2S. The van der Waals surface area contributed by atoms with Crippen molar-refractivity contribution in [1.29, 1.82) is 5.26 Å². The number of nitrogens with zero attached hydrogens (tertiary/aromatic N) is 1. The van der Waals surface area contributed by atoms with E-state index in [0.717, 1.165) is 0 Å². The van der Waals surface area contributed by atoms with E-state index in [1.165, 1.54) is 6.07 Å². The number of nitrogens with two attached hydrogens (primary N) is 1. The Morgan fingerprint density at radius 3 is 2.78 bits per heavy atom. The van der Waals surface area contributed by atoms with E-state index in [1.807, 2.05) is 6.07 Å². The van der Waals surface area contributed by atoms with Crippen LogP contribution < -0.4 is 10.5 Å². The molecule has 18 heavy (non-hydrogen) atoms. The van der Waals surface area contributed by atoms with Crippen LogP contribution in [0.1, 0.15) is 11.1 Å². The third-order valence-corrected chi connectivity index (χ3v) is 3.87. The second-order valence-corrected chi connectivity index (χ2v) is 5.39. The maximum absolute atomic E-state index is 12.0. The van der Waals surface area contributed by atoms with Crippen molar-refractivity contribution in [3.05, 3.63) is 41.5 Å². The fraction of sp³-hybridized carbons (Fsp3) is 0.250. The van der Waals surface area contributed by atoms with E-state index < -0.39 is 10.0 Å². The minimum Gasteiger partial charge on any atom is -0.327 e. The van der Waals surface area contributed by atoms with Crippen molar-refractivity contribution >= 4 is 10.0 Å². The lowest BCUT2D eigenvalue weighted by molar-refractivity contribution is 0.585. The monoisotopic (exact) mass is 265 g/mol. The summed E-state index contributed by atoms with van der Waals surface area (Å²) >= 11 is 0. The highest BCUT2D eigenvalue weighted by molar-refractivity contribution is 7.89. The van der Waals surface area contributed by atoms with E-state index in [2.05, 4.69) is 4.72 Å². The van der Waals surface area contributed by atoms with E-state index in [0.29, 0.717) is 17.7 Å². The van der Waals surface area contributed by atoms with E-state index >= 15 is 0 Å². The van der Waals surface area contributed by atoms with Crippen LogP contribution in [0.2, 0.25) is 0 Å². The van der Waals surface area contributed by atoms with Gasteiger partial charge in [0, 0.05) is 13.1 Å². The van der Waals surface area contributed by atoms with Gasteiger partial charge < -0.3 is 5.73 Å². The van der Waals surface area contributed by atoms with Gasteiger partial charge in [0.15, 0.2) is 0 Å². The molecule has 1 aromatic rings. The molecule has 1 rings (SSSR count). The third kappa shape index (κ3) is 3.67. The van der Waals surface area contributed by atoms with Gasteiger partial charge in [0.05, 0.1) is 16.5 Å². The van der Waals surface area contributed by atoms with Gasteiger partial charge in [-0.25, -0.2) is 13.1 Å². The minimum atomic E-state index is -3.60. The Morgan fingerprint density at radius 1 is 1.44 bits per heavy atom. The van der Waals surface area contributed by atoms with Gasteiger partial charge in [0.2, 0.25) is 10.0 Å². The zero-order valence-corrected chi connectivity index (χ0v) is 10.9. The van der Waals surface area contributed by atoms with Crippen molar-refractivity contribution in [3.8, 4) is 6.07 Å². The Morgan fingerprint density at radius 2 is 2.17 bits per heavy atom. The predicted octanol–water partition coefficient (Wildman–Crippen LogP) is 0.660.